The third-order valence-electron chi connectivity index (χ3n) is 3.62. The van der Waals surface area contributed by atoms with Gasteiger partial charge in [0.25, 0.3) is 5.91 Å². The molecule has 0 atom stereocenters. The van der Waals surface area contributed by atoms with Gasteiger partial charge in [0.15, 0.2) is 6.61 Å². The smallest absolute Gasteiger partial charge is 0.342 e. The van der Waals surface area contributed by atoms with E-state index in [2.05, 4.69) is 15.7 Å². The first-order valence-corrected chi connectivity index (χ1v) is 8.30. The summed E-state index contributed by atoms with van der Waals surface area (Å²) in [5.74, 6) is -1.36. The monoisotopic (exact) mass is 358 g/mol. The van der Waals surface area contributed by atoms with Crippen molar-refractivity contribution in [3.8, 4) is 5.69 Å². The molecule has 1 aromatic carbocycles. The second kappa shape index (κ2) is 8.80. The van der Waals surface area contributed by atoms with Crippen molar-refractivity contribution in [3.05, 3.63) is 47.3 Å². The predicted molar refractivity (Wildman–Crippen MR) is 95.2 cm³/mol. The number of nitrogens with zero attached hydrogens (tertiary/aromatic N) is 2. The molecule has 0 aliphatic heterocycles. The third kappa shape index (κ3) is 4.69. The lowest BCUT2D eigenvalue weighted by molar-refractivity contribution is -0.123. The Kier molecular flexibility index (Phi) is 6.48. The summed E-state index contributed by atoms with van der Waals surface area (Å²) in [4.78, 5) is 35.4. The molecule has 1 aromatic heterocycles. The van der Waals surface area contributed by atoms with Crippen LogP contribution in [0.2, 0.25) is 0 Å². The maximum absolute atomic E-state index is 12.3. The molecule has 0 bridgehead atoms. The molecule has 0 fully saturated rings. The number of aromatic nitrogens is 2. The Labute approximate surface area is 151 Å². The fourth-order valence-corrected chi connectivity index (χ4v) is 2.41. The van der Waals surface area contributed by atoms with Crippen molar-refractivity contribution in [2.45, 2.75) is 27.2 Å². The molecule has 2 aromatic rings. The maximum Gasteiger partial charge on any atom is 0.342 e. The summed E-state index contributed by atoms with van der Waals surface area (Å²) in [7, 11) is 0. The first kappa shape index (κ1) is 19.2. The summed E-state index contributed by atoms with van der Waals surface area (Å²) in [6, 6.07) is 8.76. The normalized spacial score (nSPS) is 10.3. The number of imide groups is 1. The summed E-state index contributed by atoms with van der Waals surface area (Å²) in [5.41, 5.74) is 2.23. The molecule has 0 spiro atoms. The van der Waals surface area contributed by atoms with Crippen LogP contribution in [-0.2, 0) is 9.53 Å². The standard InChI is InChI=1S/C18H22N4O4/c1-4-10-19-18(25)20-15(23)11-26-17(24)16-12(2)21-22(13(16)3)14-8-6-5-7-9-14/h5-9H,4,10-11H2,1-3H3,(H2,19,20,23,25). The highest BCUT2D eigenvalue weighted by atomic mass is 16.5. The highest BCUT2D eigenvalue weighted by Crippen LogP contribution is 2.18. The van der Waals surface area contributed by atoms with Gasteiger partial charge in [0.2, 0.25) is 0 Å². The van der Waals surface area contributed by atoms with E-state index in [0.29, 0.717) is 23.5 Å². The molecule has 26 heavy (non-hydrogen) atoms. The zero-order valence-corrected chi connectivity index (χ0v) is 15.0. The fraction of sp³-hybridized carbons (Fsp3) is 0.333. The lowest BCUT2D eigenvalue weighted by atomic mass is 10.2. The van der Waals surface area contributed by atoms with Crippen molar-refractivity contribution < 1.29 is 19.1 Å². The van der Waals surface area contributed by atoms with Gasteiger partial charge in [-0.1, -0.05) is 25.1 Å². The number of hydrogen-bond donors (Lipinski definition) is 2. The molecule has 8 nitrogen and oxygen atoms in total. The molecule has 0 aliphatic rings. The number of amides is 3. The minimum Gasteiger partial charge on any atom is -0.452 e. The molecule has 1 heterocycles. The number of nitrogens with one attached hydrogen (secondary N) is 2. The first-order chi connectivity index (χ1) is 12.4. The van der Waals surface area contributed by atoms with Gasteiger partial charge in [-0.3, -0.25) is 10.1 Å². The number of para-hydroxylation sites is 1. The number of esters is 1. The molecule has 0 aliphatic carbocycles. The maximum atomic E-state index is 12.3. The van der Waals surface area contributed by atoms with Gasteiger partial charge in [-0.25, -0.2) is 14.3 Å². The minimum absolute atomic E-state index is 0.303. The Hall–Kier alpha value is -3.16. The largest absolute Gasteiger partial charge is 0.452 e. The molecular weight excluding hydrogens is 336 g/mol. The van der Waals surface area contributed by atoms with Crippen LogP contribution < -0.4 is 10.6 Å². The molecule has 0 radical (unpaired) electrons. The summed E-state index contributed by atoms with van der Waals surface area (Å²) in [5, 5.41) is 8.95. The van der Waals surface area contributed by atoms with Crippen LogP contribution in [-0.4, -0.2) is 40.8 Å². The van der Waals surface area contributed by atoms with Gasteiger partial charge in [-0.2, -0.15) is 5.10 Å². The second-order valence-electron chi connectivity index (χ2n) is 5.67. The van der Waals surface area contributed by atoms with Gasteiger partial charge in [-0.05, 0) is 32.4 Å². The van der Waals surface area contributed by atoms with E-state index in [0.717, 1.165) is 12.1 Å². The average molecular weight is 358 g/mol. The van der Waals surface area contributed by atoms with Crippen LogP contribution in [0.1, 0.15) is 35.1 Å². The number of urea groups is 1. The second-order valence-corrected chi connectivity index (χ2v) is 5.67. The van der Waals surface area contributed by atoms with Gasteiger partial charge in [0, 0.05) is 6.54 Å². The van der Waals surface area contributed by atoms with Crippen LogP contribution in [0, 0.1) is 13.8 Å². The van der Waals surface area contributed by atoms with E-state index in [1.807, 2.05) is 37.3 Å². The van der Waals surface area contributed by atoms with Crippen molar-refractivity contribution in [2.24, 2.45) is 0 Å². The van der Waals surface area contributed by atoms with Gasteiger partial charge >= 0.3 is 12.0 Å². The SMILES string of the molecule is CCCNC(=O)NC(=O)COC(=O)c1c(C)nn(-c2ccccc2)c1C. The van der Waals surface area contributed by atoms with Crippen molar-refractivity contribution in [3.63, 3.8) is 0 Å². The molecule has 0 saturated heterocycles. The molecule has 8 heteroatoms. The van der Waals surface area contributed by atoms with E-state index in [9.17, 15) is 14.4 Å². The van der Waals surface area contributed by atoms with Crippen molar-refractivity contribution in [2.75, 3.05) is 13.2 Å². The number of rotatable bonds is 6. The van der Waals surface area contributed by atoms with Crippen molar-refractivity contribution in [1.29, 1.82) is 0 Å². The Bertz CT molecular complexity index is 799. The number of benzene rings is 1. The van der Waals surface area contributed by atoms with Crippen LogP contribution >= 0.6 is 0 Å². The minimum atomic E-state index is -0.697. The Balaban J connectivity index is 2.01. The Morgan fingerprint density at radius 3 is 2.50 bits per heavy atom. The van der Waals surface area contributed by atoms with E-state index < -0.39 is 24.5 Å². The quantitative estimate of drug-likeness (QED) is 0.768. The first-order valence-electron chi connectivity index (χ1n) is 8.30. The average Bonchev–Trinajstić information content (AvgIpc) is 2.93. The highest BCUT2D eigenvalue weighted by molar-refractivity contribution is 5.97. The lowest BCUT2D eigenvalue weighted by Gasteiger charge is -2.07. The number of aryl methyl sites for hydroxylation is 1. The van der Waals surface area contributed by atoms with Crippen molar-refractivity contribution in [1.82, 2.24) is 20.4 Å². The molecule has 0 saturated carbocycles. The van der Waals surface area contributed by atoms with Crippen LogP contribution in [0.25, 0.3) is 5.69 Å². The molecule has 2 rings (SSSR count). The Morgan fingerprint density at radius 1 is 1.15 bits per heavy atom. The summed E-state index contributed by atoms with van der Waals surface area (Å²) >= 11 is 0. The van der Waals surface area contributed by atoms with Crippen LogP contribution in [0.4, 0.5) is 4.79 Å². The molecule has 2 N–H and O–H groups in total. The van der Waals surface area contributed by atoms with Gasteiger partial charge < -0.3 is 10.1 Å². The molecule has 138 valence electrons. The predicted octanol–water partition coefficient (Wildman–Crippen LogP) is 1.88. The zero-order chi connectivity index (χ0) is 19.1. The molecule has 0 unspecified atom stereocenters. The van der Waals surface area contributed by atoms with Gasteiger partial charge in [-0.15, -0.1) is 0 Å². The van der Waals surface area contributed by atoms with E-state index in [1.165, 1.54) is 0 Å². The van der Waals surface area contributed by atoms with Crippen LogP contribution in [0.5, 0.6) is 0 Å². The summed E-state index contributed by atoms with van der Waals surface area (Å²) in [6.07, 6.45) is 0.751. The number of carbonyl (C=O) groups is 3. The van der Waals surface area contributed by atoms with E-state index in [4.69, 9.17) is 4.74 Å². The summed E-state index contributed by atoms with van der Waals surface area (Å²) < 4.78 is 6.66. The van der Waals surface area contributed by atoms with Crippen LogP contribution in [0.3, 0.4) is 0 Å². The fourth-order valence-electron chi connectivity index (χ4n) is 2.41. The lowest BCUT2D eigenvalue weighted by Crippen LogP contribution is -2.41. The zero-order valence-electron chi connectivity index (χ0n) is 15.0. The topological polar surface area (TPSA) is 102 Å². The van der Waals surface area contributed by atoms with Gasteiger partial charge in [0.05, 0.1) is 17.1 Å². The number of ether oxygens (including phenoxy) is 1. The van der Waals surface area contributed by atoms with E-state index in [-0.39, 0.29) is 0 Å². The van der Waals surface area contributed by atoms with E-state index >= 15 is 0 Å². The van der Waals surface area contributed by atoms with Crippen molar-refractivity contribution >= 4 is 17.9 Å². The van der Waals surface area contributed by atoms with Crippen LogP contribution in [0.15, 0.2) is 30.3 Å². The van der Waals surface area contributed by atoms with E-state index in [1.54, 1.807) is 18.5 Å². The number of hydrogen-bond acceptors (Lipinski definition) is 5. The molecule has 3 amide bonds. The number of carbonyl (C=O) groups excluding carboxylic acids is 3. The highest BCUT2D eigenvalue weighted by Gasteiger charge is 2.21. The summed E-state index contributed by atoms with van der Waals surface area (Å²) in [6.45, 7) is 5.25. The Morgan fingerprint density at radius 2 is 1.85 bits per heavy atom. The van der Waals surface area contributed by atoms with Gasteiger partial charge in [0.1, 0.15) is 5.56 Å². The molecular formula is C18H22N4O4. The third-order valence-corrected chi connectivity index (χ3v) is 3.62.